The number of ether oxygens (including phenoxy) is 1. The van der Waals surface area contributed by atoms with E-state index in [1.807, 2.05) is 4.68 Å². The number of hydrogen-bond acceptors (Lipinski definition) is 3. The van der Waals surface area contributed by atoms with Gasteiger partial charge in [0.2, 0.25) is 0 Å². The fourth-order valence-corrected chi connectivity index (χ4v) is 1.51. The third-order valence-electron chi connectivity index (χ3n) is 2.39. The van der Waals surface area contributed by atoms with Crippen LogP contribution in [0.1, 0.15) is 49.9 Å². The van der Waals surface area contributed by atoms with Crippen molar-refractivity contribution in [2.24, 2.45) is 0 Å². The molecule has 1 aromatic heterocycles. The second-order valence-electron chi connectivity index (χ2n) is 3.77. The van der Waals surface area contributed by atoms with Gasteiger partial charge in [0, 0.05) is 12.7 Å². The van der Waals surface area contributed by atoms with Gasteiger partial charge in [-0.1, -0.05) is 26.2 Å². The first-order chi connectivity index (χ1) is 7.77. The van der Waals surface area contributed by atoms with E-state index in [1.165, 1.54) is 19.3 Å². The van der Waals surface area contributed by atoms with E-state index < -0.39 is 0 Å². The number of nitrogens with zero attached hydrogens (tertiary/aromatic N) is 2. The monoisotopic (exact) mass is 224 g/mol. The third kappa shape index (κ3) is 4.04. The summed E-state index contributed by atoms with van der Waals surface area (Å²) in [5.41, 5.74) is 0.539. The molecule has 0 aromatic carbocycles. The van der Waals surface area contributed by atoms with E-state index in [2.05, 4.69) is 12.0 Å². The molecule has 0 fully saturated rings. The molecule has 4 nitrogen and oxygen atoms in total. The summed E-state index contributed by atoms with van der Waals surface area (Å²) in [5, 5.41) is 4.13. The lowest BCUT2D eigenvalue weighted by atomic mass is 10.2. The van der Waals surface area contributed by atoms with Crippen LogP contribution in [-0.4, -0.2) is 22.4 Å². The molecule has 90 valence electrons. The van der Waals surface area contributed by atoms with Crippen molar-refractivity contribution in [2.75, 3.05) is 6.61 Å². The summed E-state index contributed by atoms with van der Waals surface area (Å²) in [5.74, 6) is -0.290. The van der Waals surface area contributed by atoms with Crippen LogP contribution < -0.4 is 0 Å². The van der Waals surface area contributed by atoms with Crippen molar-refractivity contribution in [2.45, 2.75) is 46.1 Å². The Balaban J connectivity index is 2.36. The van der Waals surface area contributed by atoms with Gasteiger partial charge >= 0.3 is 5.97 Å². The summed E-state index contributed by atoms with van der Waals surface area (Å²) >= 11 is 0. The highest BCUT2D eigenvalue weighted by molar-refractivity contribution is 5.88. The minimum Gasteiger partial charge on any atom is -0.462 e. The fraction of sp³-hybridized carbons (Fsp3) is 0.667. The number of carbonyl (C=O) groups excluding carboxylic acids is 1. The van der Waals surface area contributed by atoms with Gasteiger partial charge in [0.1, 0.15) is 0 Å². The molecule has 1 heterocycles. The molecule has 0 aliphatic rings. The number of aromatic nitrogens is 2. The van der Waals surface area contributed by atoms with Crippen LogP contribution in [-0.2, 0) is 11.3 Å². The Kier molecular flexibility index (Phi) is 5.61. The van der Waals surface area contributed by atoms with Gasteiger partial charge < -0.3 is 4.74 Å². The van der Waals surface area contributed by atoms with Crippen molar-refractivity contribution in [1.82, 2.24) is 9.78 Å². The zero-order valence-corrected chi connectivity index (χ0v) is 10.1. The van der Waals surface area contributed by atoms with Crippen molar-refractivity contribution in [1.29, 1.82) is 0 Å². The standard InChI is InChI=1S/C12H20N2O2/c1-3-5-6-7-8-14-10-11(9-13-14)12(15)16-4-2/h9-10H,3-8H2,1-2H3. The highest BCUT2D eigenvalue weighted by Crippen LogP contribution is 2.04. The minimum atomic E-state index is -0.290. The molecular formula is C12H20N2O2. The first kappa shape index (κ1) is 12.7. The molecule has 0 saturated heterocycles. The molecule has 0 amide bonds. The summed E-state index contributed by atoms with van der Waals surface area (Å²) in [6, 6.07) is 0. The smallest absolute Gasteiger partial charge is 0.341 e. The van der Waals surface area contributed by atoms with E-state index >= 15 is 0 Å². The van der Waals surface area contributed by atoms with Gasteiger partial charge in [-0.25, -0.2) is 4.79 Å². The number of carbonyl (C=O) groups is 1. The zero-order chi connectivity index (χ0) is 11.8. The zero-order valence-electron chi connectivity index (χ0n) is 10.1. The van der Waals surface area contributed by atoms with Gasteiger partial charge in [-0.05, 0) is 13.3 Å². The Morgan fingerprint density at radius 3 is 2.88 bits per heavy atom. The molecule has 0 radical (unpaired) electrons. The normalized spacial score (nSPS) is 10.4. The average molecular weight is 224 g/mol. The molecule has 1 aromatic rings. The topological polar surface area (TPSA) is 44.1 Å². The highest BCUT2D eigenvalue weighted by Gasteiger charge is 2.08. The van der Waals surface area contributed by atoms with Gasteiger partial charge in [0.15, 0.2) is 0 Å². The minimum absolute atomic E-state index is 0.290. The van der Waals surface area contributed by atoms with E-state index in [0.29, 0.717) is 12.2 Å². The number of esters is 1. The summed E-state index contributed by atoms with van der Waals surface area (Å²) in [6.07, 6.45) is 8.13. The van der Waals surface area contributed by atoms with Crippen LogP contribution in [0.3, 0.4) is 0 Å². The maximum atomic E-state index is 11.4. The maximum Gasteiger partial charge on any atom is 0.341 e. The maximum absolute atomic E-state index is 11.4. The molecule has 0 atom stereocenters. The molecule has 0 spiro atoms. The van der Waals surface area contributed by atoms with E-state index in [9.17, 15) is 4.79 Å². The summed E-state index contributed by atoms with van der Waals surface area (Å²) < 4.78 is 6.70. The van der Waals surface area contributed by atoms with Gasteiger partial charge in [-0.3, -0.25) is 4.68 Å². The molecule has 0 saturated carbocycles. The first-order valence-electron chi connectivity index (χ1n) is 5.97. The van der Waals surface area contributed by atoms with Crippen molar-refractivity contribution in [3.63, 3.8) is 0 Å². The Morgan fingerprint density at radius 1 is 1.38 bits per heavy atom. The van der Waals surface area contributed by atoms with Crippen LogP contribution in [0.15, 0.2) is 12.4 Å². The van der Waals surface area contributed by atoms with Crippen molar-refractivity contribution in [3.05, 3.63) is 18.0 Å². The largest absolute Gasteiger partial charge is 0.462 e. The Labute approximate surface area is 96.6 Å². The van der Waals surface area contributed by atoms with Crippen LogP contribution in [0, 0.1) is 0 Å². The fourth-order valence-electron chi connectivity index (χ4n) is 1.51. The van der Waals surface area contributed by atoms with Crippen molar-refractivity contribution in [3.8, 4) is 0 Å². The molecule has 1 rings (SSSR count). The van der Waals surface area contributed by atoms with Crippen LogP contribution in [0.2, 0.25) is 0 Å². The van der Waals surface area contributed by atoms with Gasteiger partial charge in [-0.15, -0.1) is 0 Å². The van der Waals surface area contributed by atoms with Crippen LogP contribution in [0.5, 0.6) is 0 Å². The van der Waals surface area contributed by atoms with Crippen molar-refractivity contribution < 1.29 is 9.53 Å². The predicted molar refractivity (Wildman–Crippen MR) is 62.3 cm³/mol. The molecule has 0 unspecified atom stereocenters. The number of rotatable bonds is 7. The average Bonchev–Trinajstić information content (AvgIpc) is 2.73. The van der Waals surface area contributed by atoms with Gasteiger partial charge in [-0.2, -0.15) is 5.10 Å². The summed E-state index contributed by atoms with van der Waals surface area (Å²) in [4.78, 5) is 11.4. The highest BCUT2D eigenvalue weighted by atomic mass is 16.5. The lowest BCUT2D eigenvalue weighted by Gasteiger charge is -2.00. The van der Waals surface area contributed by atoms with E-state index in [0.717, 1.165) is 13.0 Å². The third-order valence-corrected chi connectivity index (χ3v) is 2.39. The summed E-state index contributed by atoms with van der Waals surface area (Å²) in [6.45, 7) is 5.26. The van der Waals surface area contributed by atoms with Crippen LogP contribution in [0.4, 0.5) is 0 Å². The van der Waals surface area contributed by atoms with Gasteiger partial charge in [0.05, 0.1) is 18.4 Å². The first-order valence-corrected chi connectivity index (χ1v) is 5.97. The number of unbranched alkanes of at least 4 members (excludes halogenated alkanes) is 3. The van der Waals surface area contributed by atoms with E-state index in [4.69, 9.17) is 4.74 Å². The lowest BCUT2D eigenvalue weighted by Crippen LogP contribution is -2.03. The molecule has 0 N–H and O–H groups in total. The second kappa shape index (κ2) is 7.04. The Bertz CT molecular complexity index is 321. The van der Waals surface area contributed by atoms with E-state index in [1.54, 1.807) is 19.3 Å². The number of hydrogen-bond donors (Lipinski definition) is 0. The van der Waals surface area contributed by atoms with Gasteiger partial charge in [0.25, 0.3) is 0 Å². The van der Waals surface area contributed by atoms with Crippen LogP contribution >= 0.6 is 0 Å². The SMILES string of the molecule is CCCCCCn1cc(C(=O)OCC)cn1. The molecule has 0 aliphatic heterocycles. The molecule has 0 aliphatic carbocycles. The van der Waals surface area contributed by atoms with Crippen LogP contribution in [0.25, 0.3) is 0 Å². The Hall–Kier alpha value is -1.32. The van der Waals surface area contributed by atoms with E-state index in [-0.39, 0.29) is 5.97 Å². The Morgan fingerprint density at radius 2 is 2.19 bits per heavy atom. The quantitative estimate of drug-likeness (QED) is 0.528. The lowest BCUT2D eigenvalue weighted by molar-refractivity contribution is 0.0526. The summed E-state index contributed by atoms with van der Waals surface area (Å²) in [7, 11) is 0. The molecule has 0 bridgehead atoms. The molecule has 4 heteroatoms. The second-order valence-corrected chi connectivity index (χ2v) is 3.77. The molecular weight excluding hydrogens is 204 g/mol. The van der Waals surface area contributed by atoms with Crippen molar-refractivity contribution >= 4 is 5.97 Å². The predicted octanol–water partition coefficient (Wildman–Crippen LogP) is 2.64. The number of aryl methyl sites for hydroxylation is 1. The molecule has 16 heavy (non-hydrogen) atoms.